The van der Waals surface area contributed by atoms with Crippen LogP contribution in [0.5, 0.6) is 0 Å². The van der Waals surface area contributed by atoms with Crippen LogP contribution in [0.2, 0.25) is 0 Å². The van der Waals surface area contributed by atoms with E-state index >= 15 is 0 Å². The van der Waals surface area contributed by atoms with Crippen LogP contribution in [-0.2, 0) is 12.6 Å². The van der Waals surface area contributed by atoms with E-state index < -0.39 is 17.6 Å². The molecule has 0 fully saturated rings. The highest BCUT2D eigenvalue weighted by molar-refractivity contribution is 5.66. The molecular weight excluding hydrogens is 419 g/mol. The molecule has 4 rings (SSSR count). The average Bonchev–Trinajstić information content (AvgIpc) is 2.74. The highest BCUT2D eigenvalue weighted by Gasteiger charge is 2.30. The van der Waals surface area contributed by atoms with Crippen molar-refractivity contribution in [1.29, 1.82) is 0 Å². The Morgan fingerprint density at radius 2 is 1.03 bits per heavy atom. The van der Waals surface area contributed by atoms with Gasteiger partial charge in [0, 0.05) is 11.1 Å². The van der Waals surface area contributed by atoms with Gasteiger partial charge in [-0.15, -0.1) is 0 Å². The molecule has 0 atom stereocenters. The van der Waals surface area contributed by atoms with Crippen LogP contribution in [0.1, 0.15) is 22.3 Å². The van der Waals surface area contributed by atoms with Crippen molar-refractivity contribution in [3.8, 4) is 22.3 Å². The highest BCUT2D eigenvalue weighted by Crippen LogP contribution is 2.32. The number of hydrogen-bond acceptors (Lipinski definition) is 0. The second-order valence-corrected chi connectivity index (χ2v) is 7.75. The fourth-order valence-corrected chi connectivity index (χ4v) is 3.61. The maximum absolute atomic E-state index is 14.7. The molecule has 0 saturated heterocycles. The maximum atomic E-state index is 14.7. The van der Waals surface area contributed by atoms with E-state index in [-0.39, 0.29) is 11.4 Å². The molecule has 4 aromatic rings. The van der Waals surface area contributed by atoms with E-state index in [1.54, 1.807) is 18.2 Å². The zero-order valence-electron chi connectivity index (χ0n) is 17.2. The van der Waals surface area contributed by atoms with Crippen molar-refractivity contribution < 1.29 is 22.0 Å². The normalized spacial score (nSPS) is 11.6. The van der Waals surface area contributed by atoms with Crippen molar-refractivity contribution in [2.75, 3.05) is 0 Å². The molecular formula is C27H19F5. The molecule has 0 aliphatic heterocycles. The monoisotopic (exact) mass is 438 g/mol. The first kappa shape index (κ1) is 21.8. The van der Waals surface area contributed by atoms with E-state index in [0.29, 0.717) is 28.7 Å². The lowest BCUT2D eigenvalue weighted by atomic mass is 9.97. The second kappa shape index (κ2) is 8.58. The summed E-state index contributed by atoms with van der Waals surface area (Å²) in [6, 6.07) is 21.4. The van der Waals surface area contributed by atoms with Crippen molar-refractivity contribution in [3.63, 3.8) is 0 Å². The number of benzene rings is 4. The topological polar surface area (TPSA) is 0 Å². The fourth-order valence-electron chi connectivity index (χ4n) is 3.61. The Labute approximate surface area is 183 Å². The van der Waals surface area contributed by atoms with Gasteiger partial charge in [-0.2, -0.15) is 13.2 Å². The Bertz CT molecular complexity index is 1240. The number of halogens is 5. The van der Waals surface area contributed by atoms with Crippen LogP contribution in [0.15, 0.2) is 84.9 Å². The summed E-state index contributed by atoms with van der Waals surface area (Å²) in [5.41, 5.74) is 3.49. The summed E-state index contributed by atoms with van der Waals surface area (Å²) in [6.45, 7) is 1.96. The Kier molecular flexibility index (Phi) is 5.83. The zero-order chi connectivity index (χ0) is 22.9. The zero-order valence-corrected chi connectivity index (χ0v) is 17.2. The van der Waals surface area contributed by atoms with Gasteiger partial charge in [0.25, 0.3) is 0 Å². The van der Waals surface area contributed by atoms with Crippen LogP contribution < -0.4 is 0 Å². The van der Waals surface area contributed by atoms with Crippen molar-refractivity contribution in [3.05, 3.63) is 119 Å². The molecule has 0 amide bonds. The molecule has 0 aliphatic rings. The Morgan fingerprint density at radius 1 is 0.594 bits per heavy atom. The van der Waals surface area contributed by atoms with Crippen molar-refractivity contribution in [2.24, 2.45) is 0 Å². The van der Waals surface area contributed by atoms with E-state index in [9.17, 15) is 22.0 Å². The van der Waals surface area contributed by atoms with Crippen LogP contribution in [0.4, 0.5) is 22.0 Å². The second-order valence-electron chi connectivity index (χ2n) is 7.75. The van der Waals surface area contributed by atoms with E-state index in [2.05, 4.69) is 0 Å². The van der Waals surface area contributed by atoms with Crippen LogP contribution in [0.25, 0.3) is 22.3 Å². The van der Waals surface area contributed by atoms with Gasteiger partial charge in [-0.3, -0.25) is 0 Å². The summed E-state index contributed by atoms with van der Waals surface area (Å²) in [7, 11) is 0. The standard InChI is InChI=1S/C27H19F5/c1-17-2-6-20(7-3-17)23-12-4-18(15-25(23)28)14-19-5-13-24(26(29)16-19)21-8-10-22(11-9-21)27(30,31)32/h2-13,15-16H,14H2,1H3. The molecule has 0 saturated carbocycles. The molecule has 0 bridgehead atoms. The van der Waals surface area contributed by atoms with Crippen molar-refractivity contribution in [2.45, 2.75) is 19.5 Å². The van der Waals surface area contributed by atoms with Gasteiger partial charge in [0.2, 0.25) is 0 Å². The van der Waals surface area contributed by atoms with E-state index in [0.717, 1.165) is 23.3 Å². The maximum Gasteiger partial charge on any atom is 0.416 e. The van der Waals surface area contributed by atoms with Gasteiger partial charge in [0.1, 0.15) is 11.6 Å². The first-order chi connectivity index (χ1) is 15.2. The van der Waals surface area contributed by atoms with E-state index in [1.807, 2.05) is 31.2 Å². The van der Waals surface area contributed by atoms with E-state index in [4.69, 9.17) is 0 Å². The van der Waals surface area contributed by atoms with Gasteiger partial charge in [0.05, 0.1) is 5.56 Å². The van der Waals surface area contributed by atoms with Gasteiger partial charge in [0.15, 0.2) is 0 Å². The Hall–Kier alpha value is -3.47. The number of alkyl halides is 3. The van der Waals surface area contributed by atoms with Gasteiger partial charge in [-0.25, -0.2) is 8.78 Å². The lowest BCUT2D eigenvalue weighted by Crippen LogP contribution is -2.04. The quantitative estimate of drug-likeness (QED) is 0.282. The molecule has 32 heavy (non-hydrogen) atoms. The highest BCUT2D eigenvalue weighted by atomic mass is 19.4. The number of rotatable bonds is 4. The molecule has 0 spiro atoms. The third-order valence-electron chi connectivity index (χ3n) is 5.36. The van der Waals surface area contributed by atoms with Crippen LogP contribution in [0.3, 0.4) is 0 Å². The molecule has 5 heteroatoms. The smallest absolute Gasteiger partial charge is 0.206 e. The number of aryl methyl sites for hydroxylation is 1. The van der Waals surface area contributed by atoms with E-state index in [1.165, 1.54) is 30.3 Å². The third-order valence-corrected chi connectivity index (χ3v) is 5.36. The van der Waals surface area contributed by atoms with Gasteiger partial charge >= 0.3 is 6.18 Å². The van der Waals surface area contributed by atoms with Gasteiger partial charge in [-0.1, -0.05) is 66.2 Å². The largest absolute Gasteiger partial charge is 0.416 e. The SMILES string of the molecule is Cc1ccc(-c2ccc(Cc3ccc(-c4ccc(C(F)(F)F)cc4)c(F)c3)cc2F)cc1. The minimum atomic E-state index is -4.44. The fraction of sp³-hybridized carbons (Fsp3) is 0.111. The molecule has 0 N–H and O–H groups in total. The lowest BCUT2D eigenvalue weighted by Gasteiger charge is -2.10. The number of hydrogen-bond donors (Lipinski definition) is 0. The molecule has 4 aromatic carbocycles. The lowest BCUT2D eigenvalue weighted by molar-refractivity contribution is -0.137. The minimum absolute atomic E-state index is 0.211. The summed E-state index contributed by atoms with van der Waals surface area (Å²) in [4.78, 5) is 0. The third kappa shape index (κ3) is 4.72. The molecule has 0 aliphatic carbocycles. The molecule has 0 radical (unpaired) electrons. The molecule has 0 heterocycles. The van der Waals surface area contributed by atoms with Crippen molar-refractivity contribution >= 4 is 0 Å². The Morgan fingerprint density at radius 3 is 1.44 bits per heavy atom. The summed E-state index contributed by atoms with van der Waals surface area (Å²) in [5, 5.41) is 0. The van der Waals surface area contributed by atoms with Crippen LogP contribution in [-0.4, -0.2) is 0 Å². The molecule has 0 aromatic heterocycles. The van der Waals surface area contributed by atoms with Crippen molar-refractivity contribution in [1.82, 2.24) is 0 Å². The average molecular weight is 438 g/mol. The van der Waals surface area contributed by atoms with Crippen LogP contribution >= 0.6 is 0 Å². The Balaban J connectivity index is 1.54. The van der Waals surface area contributed by atoms with Crippen LogP contribution in [0, 0.1) is 18.6 Å². The first-order valence-electron chi connectivity index (χ1n) is 10.0. The summed E-state index contributed by atoms with van der Waals surface area (Å²) in [5.74, 6) is -0.896. The minimum Gasteiger partial charge on any atom is -0.206 e. The van der Waals surface area contributed by atoms with Gasteiger partial charge < -0.3 is 0 Å². The predicted octanol–water partition coefficient (Wildman–Crippen LogP) is 8.22. The summed E-state index contributed by atoms with van der Waals surface area (Å²) >= 11 is 0. The molecule has 162 valence electrons. The molecule has 0 nitrogen and oxygen atoms in total. The summed E-state index contributed by atoms with van der Waals surface area (Å²) < 4.78 is 67.5. The predicted molar refractivity (Wildman–Crippen MR) is 116 cm³/mol. The summed E-state index contributed by atoms with van der Waals surface area (Å²) in [6.07, 6.45) is -4.11. The molecule has 0 unspecified atom stereocenters. The van der Waals surface area contributed by atoms with Gasteiger partial charge in [-0.05, 0) is 59.9 Å². The first-order valence-corrected chi connectivity index (χ1v) is 10.0.